The van der Waals surface area contributed by atoms with Crippen molar-refractivity contribution in [1.82, 2.24) is 15.8 Å². The molecule has 2 amide bonds. The number of nitrogens with one attached hydrogen (secondary N) is 2. The number of rotatable bonds is 5. The molecule has 0 saturated carbocycles. The molecule has 144 valence electrons. The van der Waals surface area contributed by atoms with Gasteiger partial charge < -0.3 is 4.74 Å². The van der Waals surface area contributed by atoms with Crippen molar-refractivity contribution in [3.05, 3.63) is 67.3 Å². The summed E-state index contributed by atoms with van der Waals surface area (Å²) in [5, 5.41) is 2.33. The molecule has 6 nitrogen and oxygen atoms in total. The molecule has 3 aromatic rings. The molecule has 4 rings (SSSR count). The van der Waals surface area contributed by atoms with Crippen LogP contribution in [0.4, 0.5) is 0 Å². The minimum atomic E-state index is -0.449. The van der Waals surface area contributed by atoms with Gasteiger partial charge >= 0.3 is 0 Å². The molecule has 28 heavy (non-hydrogen) atoms. The molecule has 8 heteroatoms. The van der Waals surface area contributed by atoms with Crippen LogP contribution in [0.1, 0.15) is 47.6 Å². The van der Waals surface area contributed by atoms with Crippen LogP contribution in [0.25, 0.3) is 0 Å². The fourth-order valence-corrected chi connectivity index (χ4v) is 4.78. The highest BCUT2D eigenvalue weighted by Crippen LogP contribution is 2.30. The van der Waals surface area contributed by atoms with Gasteiger partial charge in [0.2, 0.25) is 0 Å². The summed E-state index contributed by atoms with van der Waals surface area (Å²) in [6.07, 6.45) is 3.21. The number of benzene rings is 1. The zero-order valence-electron chi connectivity index (χ0n) is 15.3. The van der Waals surface area contributed by atoms with Gasteiger partial charge in [-0.15, -0.1) is 22.7 Å². The van der Waals surface area contributed by atoms with Gasteiger partial charge in [0.05, 0.1) is 4.88 Å². The number of nitrogens with zero attached hydrogens (tertiary/aromatic N) is 1. The standard InChI is InChI=1S/C20H19N3O3S2/c1-12-5-7-14(8-6-12)26-10-18-21-15(11-27-18)19(24)22-23-20(25)17-9-13-3-2-4-16(13)28-17/h5-9,11H,2-4,10H2,1H3,(H,22,24)(H,23,25). The molecule has 0 atom stereocenters. The third-order valence-corrected chi connectivity index (χ3v) is 6.49. The Balaban J connectivity index is 1.28. The molecular weight excluding hydrogens is 394 g/mol. The van der Waals surface area contributed by atoms with Crippen LogP contribution in [0, 0.1) is 6.92 Å². The van der Waals surface area contributed by atoms with Gasteiger partial charge in [0.1, 0.15) is 23.1 Å². The number of hydrogen-bond acceptors (Lipinski definition) is 6. The van der Waals surface area contributed by atoms with E-state index in [2.05, 4.69) is 15.8 Å². The lowest BCUT2D eigenvalue weighted by Crippen LogP contribution is -2.41. The molecule has 2 heterocycles. The fourth-order valence-electron chi connectivity index (χ4n) is 2.94. The summed E-state index contributed by atoms with van der Waals surface area (Å²) >= 11 is 2.83. The maximum atomic E-state index is 12.2. The Morgan fingerprint density at radius 3 is 2.71 bits per heavy atom. The Hall–Kier alpha value is -2.71. The lowest BCUT2D eigenvalue weighted by atomic mass is 10.2. The van der Waals surface area contributed by atoms with Crippen LogP contribution < -0.4 is 15.6 Å². The van der Waals surface area contributed by atoms with E-state index in [1.54, 1.807) is 5.38 Å². The number of ether oxygens (including phenoxy) is 1. The molecule has 1 aromatic carbocycles. The van der Waals surface area contributed by atoms with Crippen molar-refractivity contribution < 1.29 is 14.3 Å². The highest BCUT2D eigenvalue weighted by atomic mass is 32.1. The first-order valence-electron chi connectivity index (χ1n) is 8.94. The first-order chi connectivity index (χ1) is 13.6. The number of thiophene rings is 1. The van der Waals surface area contributed by atoms with E-state index in [0.717, 1.165) is 30.6 Å². The van der Waals surface area contributed by atoms with Crippen molar-refractivity contribution in [2.24, 2.45) is 0 Å². The monoisotopic (exact) mass is 413 g/mol. The van der Waals surface area contributed by atoms with E-state index in [1.807, 2.05) is 37.3 Å². The minimum absolute atomic E-state index is 0.251. The lowest BCUT2D eigenvalue weighted by molar-refractivity contribution is 0.0846. The molecule has 1 aliphatic rings. The number of thiazole rings is 1. The van der Waals surface area contributed by atoms with E-state index in [1.165, 1.54) is 33.1 Å². The van der Waals surface area contributed by atoms with Crippen LogP contribution in [0.5, 0.6) is 5.75 Å². The van der Waals surface area contributed by atoms with Crippen LogP contribution >= 0.6 is 22.7 Å². The quantitative estimate of drug-likeness (QED) is 0.626. The maximum Gasteiger partial charge on any atom is 0.289 e. The fraction of sp³-hybridized carbons (Fsp3) is 0.250. The number of aromatic nitrogens is 1. The zero-order valence-corrected chi connectivity index (χ0v) is 16.9. The normalized spacial score (nSPS) is 12.5. The molecule has 0 saturated heterocycles. The Kier molecular flexibility index (Phi) is 5.40. The topological polar surface area (TPSA) is 80.3 Å². The number of fused-ring (bicyclic) bond motifs is 1. The molecule has 2 N–H and O–H groups in total. The second-order valence-electron chi connectivity index (χ2n) is 6.55. The molecule has 0 unspecified atom stereocenters. The van der Waals surface area contributed by atoms with Crippen molar-refractivity contribution in [3.8, 4) is 5.75 Å². The second kappa shape index (κ2) is 8.12. The van der Waals surface area contributed by atoms with Crippen LogP contribution in [0.3, 0.4) is 0 Å². The molecule has 0 spiro atoms. The molecule has 0 fully saturated rings. The van der Waals surface area contributed by atoms with Gasteiger partial charge in [-0.3, -0.25) is 20.4 Å². The highest BCUT2D eigenvalue weighted by Gasteiger charge is 2.19. The first kappa shape index (κ1) is 18.6. The molecule has 0 bridgehead atoms. The Morgan fingerprint density at radius 1 is 1.14 bits per heavy atom. The van der Waals surface area contributed by atoms with Crippen LogP contribution in [-0.4, -0.2) is 16.8 Å². The number of amides is 2. The SMILES string of the molecule is Cc1ccc(OCc2nc(C(=O)NNC(=O)c3cc4c(s3)CCC4)cs2)cc1. The van der Waals surface area contributed by atoms with E-state index >= 15 is 0 Å². The van der Waals surface area contributed by atoms with Crippen molar-refractivity contribution in [3.63, 3.8) is 0 Å². The van der Waals surface area contributed by atoms with Crippen molar-refractivity contribution >= 4 is 34.5 Å². The average Bonchev–Trinajstić information content (AvgIpc) is 3.41. The van der Waals surface area contributed by atoms with Crippen LogP contribution in [0.15, 0.2) is 35.7 Å². The van der Waals surface area contributed by atoms with Gasteiger partial charge in [-0.25, -0.2) is 4.98 Å². The minimum Gasteiger partial charge on any atom is -0.486 e. The third-order valence-electron chi connectivity index (χ3n) is 4.43. The van der Waals surface area contributed by atoms with Gasteiger partial charge in [-0.2, -0.15) is 0 Å². The van der Waals surface area contributed by atoms with Gasteiger partial charge in [0, 0.05) is 10.3 Å². The van der Waals surface area contributed by atoms with Crippen LogP contribution in [0.2, 0.25) is 0 Å². The summed E-state index contributed by atoms with van der Waals surface area (Å²) in [7, 11) is 0. The van der Waals surface area contributed by atoms with Crippen molar-refractivity contribution in [1.29, 1.82) is 0 Å². The van der Waals surface area contributed by atoms with Crippen LogP contribution in [-0.2, 0) is 19.4 Å². The van der Waals surface area contributed by atoms with E-state index in [-0.39, 0.29) is 18.2 Å². The number of hydrogen-bond donors (Lipinski definition) is 2. The summed E-state index contributed by atoms with van der Waals surface area (Å²) < 4.78 is 5.67. The van der Waals surface area contributed by atoms with Gasteiger partial charge in [-0.1, -0.05) is 17.7 Å². The maximum absolute atomic E-state index is 12.2. The number of carbonyl (C=O) groups is 2. The van der Waals surface area contributed by atoms with Crippen molar-refractivity contribution in [2.45, 2.75) is 32.8 Å². The molecule has 0 aliphatic heterocycles. The lowest BCUT2D eigenvalue weighted by Gasteiger charge is -2.05. The Bertz CT molecular complexity index is 987. The van der Waals surface area contributed by atoms with Crippen molar-refractivity contribution in [2.75, 3.05) is 0 Å². The Morgan fingerprint density at radius 2 is 1.93 bits per heavy atom. The average molecular weight is 414 g/mol. The first-order valence-corrected chi connectivity index (χ1v) is 10.6. The molecule has 0 radical (unpaired) electrons. The summed E-state index contributed by atoms with van der Waals surface area (Å²) in [5.41, 5.74) is 7.55. The number of hydrazine groups is 1. The van der Waals surface area contributed by atoms with Gasteiger partial charge in [-0.05, 0) is 49.9 Å². The van der Waals surface area contributed by atoms with Gasteiger partial charge in [0.25, 0.3) is 11.8 Å². The number of aryl methyl sites for hydroxylation is 3. The van der Waals surface area contributed by atoms with Gasteiger partial charge in [0.15, 0.2) is 0 Å². The second-order valence-corrected chi connectivity index (χ2v) is 8.63. The summed E-state index contributed by atoms with van der Waals surface area (Å²) in [5.74, 6) is 0.00287. The number of carbonyl (C=O) groups excluding carboxylic acids is 2. The molecule has 1 aliphatic carbocycles. The predicted octanol–water partition coefficient (Wildman–Crippen LogP) is 3.66. The summed E-state index contributed by atoms with van der Waals surface area (Å²) in [6, 6.07) is 9.65. The third kappa shape index (κ3) is 4.23. The highest BCUT2D eigenvalue weighted by molar-refractivity contribution is 7.14. The summed E-state index contributed by atoms with van der Waals surface area (Å²) in [6.45, 7) is 2.30. The summed E-state index contributed by atoms with van der Waals surface area (Å²) in [4.78, 5) is 30.6. The van der Waals surface area contributed by atoms with E-state index in [0.29, 0.717) is 9.88 Å². The smallest absolute Gasteiger partial charge is 0.289 e. The van der Waals surface area contributed by atoms with E-state index in [4.69, 9.17) is 4.74 Å². The largest absolute Gasteiger partial charge is 0.486 e. The molecule has 2 aromatic heterocycles. The molecular formula is C20H19N3O3S2. The van der Waals surface area contributed by atoms with E-state index in [9.17, 15) is 9.59 Å². The zero-order chi connectivity index (χ0) is 19.5. The Labute approximate surface area is 170 Å². The predicted molar refractivity (Wildman–Crippen MR) is 109 cm³/mol. The van der Waals surface area contributed by atoms with E-state index < -0.39 is 5.91 Å².